The third kappa shape index (κ3) is 4.63. The topological polar surface area (TPSA) is 21.1 Å². The summed E-state index contributed by atoms with van der Waals surface area (Å²) in [4.78, 5) is 8.63. The van der Waals surface area contributed by atoms with Crippen LogP contribution in [0.3, 0.4) is 0 Å². The molecule has 0 amide bonds. The molecule has 3 aliphatic heterocycles. The maximum atomic E-state index is 8.17. The SMILES string of the molecule is [2H]C([2H])([2H])N1[CH-]N(c2[c-]c3c(cc2)-n2c4ccccc4c4cccc(c42)N3c2[c-]c(N3[CH-]N(C([2H])([2H])[2H])C(C)=C3C)cc(C(C)(C)C)c2)C(C)=C1C.[Pt+4]. The number of nitrogens with zero attached hydrogens (tertiary/aromatic N) is 6. The molecule has 0 spiro atoms. The van der Waals surface area contributed by atoms with Crippen molar-refractivity contribution in [3.63, 3.8) is 0 Å². The Hall–Kier alpha value is -4.15. The summed E-state index contributed by atoms with van der Waals surface area (Å²) in [5.74, 6) is 0. The Kier molecular flexibility index (Phi) is 5.81. The van der Waals surface area contributed by atoms with Gasteiger partial charge >= 0.3 is 21.1 Å². The predicted molar refractivity (Wildman–Crippen MR) is 191 cm³/mol. The average Bonchev–Trinajstić information content (AvgIpc) is 3.69. The normalized spacial score (nSPS) is 18.7. The van der Waals surface area contributed by atoms with Gasteiger partial charge in [0.2, 0.25) is 0 Å². The summed E-state index contributed by atoms with van der Waals surface area (Å²) < 4.78 is 51.2. The van der Waals surface area contributed by atoms with E-state index in [0.717, 1.165) is 67.2 Å². The van der Waals surface area contributed by atoms with Crippen molar-refractivity contribution in [2.75, 3.05) is 28.7 Å². The van der Waals surface area contributed by atoms with Crippen molar-refractivity contribution in [2.45, 2.75) is 53.9 Å². The van der Waals surface area contributed by atoms with Crippen LogP contribution in [-0.2, 0) is 26.5 Å². The van der Waals surface area contributed by atoms with E-state index >= 15 is 0 Å². The Morgan fingerprint density at radius 3 is 1.96 bits per heavy atom. The van der Waals surface area contributed by atoms with Gasteiger partial charge < -0.3 is 29.1 Å². The summed E-state index contributed by atoms with van der Waals surface area (Å²) in [7, 11) is 0. The Balaban J connectivity index is 0.00000435. The van der Waals surface area contributed by atoms with E-state index in [-0.39, 0.29) is 26.5 Å². The summed E-state index contributed by atoms with van der Waals surface area (Å²) >= 11 is 0. The van der Waals surface area contributed by atoms with Gasteiger partial charge in [-0.2, -0.15) is 13.3 Å². The van der Waals surface area contributed by atoms with Gasteiger partial charge in [-0.15, -0.1) is 53.3 Å². The molecule has 8 rings (SSSR count). The first-order chi connectivity index (χ1) is 24.4. The fourth-order valence-corrected chi connectivity index (χ4v) is 6.74. The molecule has 0 unspecified atom stereocenters. The Labute approximate surface area is 301 Å². The number of aromatic nitrogens is 1. The minimum atomic E-state index is -2.34. The second kappa shape index (κ2) is 11.0. The van der Waals surface area contributed by atoms with E-state index in [1.54, 1.807) is 13.3 Å². The third-order valence-electron chi connectivity index (χ3n) is 9.69. The van der Waals surface area contributed by atoms with E-state index in [2.05, 4.69) is 97.0 Å². The smallest absolute Gasteiger partial charge is 0.508 e. The largest absolute Gasteiger partial charge is 4.00 e. The molecular formula is C40H40N6Pt. The summed E-state index contributed by atoms with van der Waals surface area (Å²) in [5.41, 5.74) is 10.6. The van der Waals surface area contributed by atoms with Crippen LogP contribution in [0.2, 0.25) is 0 Å². The maximum Gasteiger partial charge on any atom is 4.00 e. The number of anilines is 5. The monoisotopic (exact) mass is 805 g/mol. The van der Waals surface area contributed by atoms with Crippen LogP contribution in [-0.4, -0.2) is 28.3 Å². The fraction of sp³-hybridized carbons (Fsp3) is 0.250. The van der Waals surface area contributed by atoms with Crippen molar-refractivity contribution in [1.82, 2.24) is 14.4 Å². The van der Waals surface area contributed by atoms with Crippen LogP contribution in [0.5, 0.6) is 0 Å². The van der Waals surface area contributed by atoms with Crippen LogP contribution < -0.4 is 14.7 Å². The number of hydrogen-bond acceptors (Lipinski definition) is 5. The minimum Gasteiger partial charge on any atom is -0.508 e. The molecule has 0 saturated heterocycles. The molecule has 0 atom stereocenters. The van der Waals surface area contributed by atoms with E-state index < -0.39 is 14.0 Å². The molecule has 0 bridgehead atoms. The molecule has 0 N–H and O–H groups in total. The first-order valence-electron chi connectivity index (χ1n) is 18.6. The molecule has 1 aromatic heterocycles. The summed E-state index contributed by atoms with van der Waals surface area (Å²) in [5, 5.41) is 2.25. The Bertz CT molecular complexity index is 2370. The first kappa shape index (κ1) is 24.9. The van der Waals surface area contributed by atoms with Crippen LogP contribution in [0.4, 0.5) is 28.4 Å². The Morgan fingerprint density at radius 1 is 0.660 bits per heavy atom. The summed E-state index contributed by atoms with van der Waals surface area (Å²) in [6.07, 6.45) is 0. The van der Waals surface area contributed by atoms with Gasteiger partial charge in [-0.3, -0.25) is 0 Å². The molecule has 47 heavy (non-hydrogen) atoms. The Morgan fingerprint density at radius 2 is 1.30 bits per heavy atom. The standard InChI is InChI=1S/C40H40N6.Pt/c1-25-27(3)43(23-41(25)8)30-17-18-36-38(22-30)45(37-16-12-14-34-33-13-10-11-15-35(33)46(36)39(34)37)32-20-29(40(5,6)7)19-31(21-32)44-24-42(9)26(2)28(44)4;/h10-20,23-24H,1-9H3;/q-4;+4/i8D3,9D3;. The molecule has 6 nitrogen and oxygen atoms in total. The minimum absolute atomic E-state index is 0. The van der Waals surface area contributed by atoms with Gasteiger partial charge in [-0.25, -0.2) is 0 Å². The zero-order valence-corrected chi connectivity index (χ0v) is 29.8. The van der Waals surface area contributed by atoms with Gasteiger partial charge in [0.1, 0.15) is 0 Å². The van der Waals surface area contributed by atoms with E-state index in [0.29, 0.717) is 17.1 Å². The molecule has 5 aromatic rings. The molecule has 4 heterocycles. The second-order valence-electron chi connectivity index (χ2n) is 13.4. The van der Waals surface area contributed by atoms with Gasteiger partial charge in [0.05, 0.1) is 11.2 Å². The fourth-order valence-electron chi connectivity index (χ4n) is 6.74. The quantitative estimate of drug-likeness (QED) is 0.166. The van der Waals surface area contributed by atoms with Crippen molar-refractivity contribution in [3.05, 3.63) is 121 Å². The van der Waals surface area contributed by atoms with Crippen LogP contribution in [0, 0.1) is 25.5 Å². The number of para-hydroxylation sites is 2. The zero-order valence-electron chi connectivity index (χ0n) is 33.5. The van der Waals surface area contributed by atoms with E-state index in [1.807, 2.05) is 49.6 Å². The van der Waals surface area contributed by atoms with Gasteiger partial charge in [-0.05, 0) is 82.0 Å². The summed E-state index contributed by atoms with van der Waals surface area (Å²) in [6.45, 7) is 12.6. The average molecular weight is 806 g/mol. The van der Waals surface area contributed by atoms with Crippen LogP contribution in [0.1, 0.15) is 62.3 Å². The molecule has 7 heteroatoms. The molecule has 0 fully saturated rings. The number of benzene rings is 4. The number of hydrogen-bond donors (Lipinski definition) is 0. The molecule has 0 aliphatic carbocycles. The zero-order chi connectivity index (χ0) is 37.2. The van der Waals surface area contributed by atoms with Crippen LogP contribution >= 0.6 is 0 Å². The maximum absolute atomic E-state index is 8.17. The van der Waals surface area contributed by atoms with Crippen molar-refractivity contribution in [1.29, 1.82) is 0 Å². The van der Waals surface area contributed by atoms with E-state index in [4.69, 9.17) is 8.22 Å². The van der Waals surface area contributed by atoms with Crippen LogP contribution in [0.25, 0.3) is 27.5 Å². The first-order valence-corrected chi connectivity index (χ1v) is 15.6. The number of fused-ring (bicyclic) bond motifs is 5. The second-order valence-corrected chi connectivity index (χ2v) is 13.4. The summed E-state index contributed by atoms with van der Waals surface area (Å²) in [6, 6.07) is 30.5. The molecular weight excluding hydrogens is 760 g/mol. The molecule has 4 aromatic carbocycles. The van der Waals surface area contributed by atoms with Gasteiger partial charge in [0, 0.05) is 35.9 Å². The van der Waals surface area contributed by atoms with E-state index in [9.17, 15) is 0 Å². The molecule has 0 saturated carbocycles. The van der Waals surface area contributed by atoms with E-state index in [1.165, 1.54) is 9.80 Å². The number of allylic oxidation sites excluding steroid dienone is 4. The molecule has 240 valence electrons. The van der Waals surface area contributed by atoms with Crippen molar-refractivity contribution in [2.24, 2.45) is 0 Å². The van der Waals surface area contributed by atoms with Crippen LogP contribution in [0.15, 0.2) is 89.5 Å². The van der Waals surface area contributed by atoms with Gasteiger partial charge in [0.15, 0.2) is 0 Å². The van der Waals surface area contributed by atoms with Crippen molar-refractivity contribution < 1.29 is 29.3 Å². The predicted octanol–water partition coefficient (Wildman–Crippen LogP) is 9.71. The van der Waals surface area contributed by atoms with Gasteiger partial charge in [-0.1, -0.05) is 56.8 Å². The van der Waals surface area contributed by atoms with Gasteiger partial charge in [0.25, 0.3) is 0 Å². The third-order valence-corrected chi connectivity index (χ3v) is 9.69. The number of rotatable bonds is 3. The van der Waals surface area contributed by atoms with Crippen molar-refractivity contribution in [3.8, 4) is 5.69 Å². The van der Waals surface area contributed by atoms with Crippen molar-refractivity contribution >= 4 is 50.2 Å². The molecule has 3 aliphatic rings. The molecule has 0 radical (unpaired) electrons.